The number of thioether (sulfide) groups is 1. The molecule has 2 fully saturated rings. The van der Waals surface area contributed by atoms with Crippen molar-refractivity contribution in [3.8, 4) is 0 Å². The molecular weight excluding hydrogens is 305 g/mol. The average Bonchev–Trinajstić information content (AvgIpc) is 2.98. The van der Waals surface area contributed by atoms with Crippen molar-refractivity contribution in [1.82, 2.24) is 4.90 Å². The maximum absolute atomic E-state index is 12.8. The molecule has 1 amide bonds. The van der Waals surface area contributed by atoms with Gasteiger partial charge in [0, 0.05) is 43.0 Å². The molecule has 1 aromatic rings. The minimum absolute atomic E-state index is 0.169. The first-order valence-corrected chi connectivity index (χ1v) is 8.60. The Kier molecular flexibility index (Phi) is 5.00. The van der Waals surface area contributed by atoms with Gasteiger partial charge in [0.25, 0.3) is 0 Å². The SMILES string of the molecule is O=C(CCSc1ccc(F)cc1)N1CCC2(CC1)OCCO2. The highest BCUT2D eigenvalue weighted by Crippen LogP contribution is 2.31. The molecule has 2 aliphatic heterocycles. The van der Waals surface area contributed by atoms with Gasteiger partial charge in [-0.3, -0.25) is 4.79 Å². The molecule has 6 heteroatoms. The summed E-state index contributed by atoms with van der Waals surface area (Å²) in [6.07, 6.45) is 2.00. The van der Waals surface area contributed by atoms with Crippen LogP contribution >= 0.6 is 11.8 Å². The Labute approximate surface area is 134 Å². The lowest BCUT2D eigenvalue weighted by molar-refractivity contribution is -0.187. The molecular formula is C16H20FNO3S. The lowest BCUT2D eigenvalue weighted by Crippen LogP contribution is -2.47. The second-order valence-corrected chi connectivity index (χ2v) is 6.71. The fraction of sp³-hybridized carbons (Fsp3) is 0.562. The third-order valence-corrected chi connectivity index (χ3v) is 5.10. The van der Waals surface area contributed by atoms with Crippen LogP contribution < -0.4 is 0 Å². The third-order valence-electron chi connectivity index (χ3n) is 4.09. The molecule has 120 valence electrons. The highest BCUT2D eigenvalue weighted by atomic mass is 32.2. The highest BCUT2D eigenvalue weighted by Gasteiger charge is 2.40. The van der Waals surface area contributed by atoms with Crippen molar-refractivity contribution in [1.29, 1.82) is 0 Å². The van der Waals surface area contributed by atoms with E-state index in [9.17, 15) is 9.18 Å². The molecule has 2 heterocycles. The van der Waals surface area contributed by atoms with E-state index in [2.05, 4.69) is 0 Å². The Morgan fingerprint density at radius 1 is 1.18 bits per heavy atom. The van der Waals surface area contributed by atoms with E-state index >= 15 is 0 Å². The second kappa shape index (κ2) is 6.98. The van der Waals surface area contributed by atoms with Crippen LogP contribution in [0.2, 0.25) is 0 Å². The molecule has 0 atom stereocenters. The van der Waals surface area contributed by atoms with E-state index in [0.29, 0.717) is 38.5 Å². The number of hydrogen-bond donors (Lipinski definition) is 0. The number of amides is 1. The van der Waals surface area contributed by atoms with Gasteiger partial charge in [-0.05, 0) is 24.3 Å². The summed E-state index contributed by atoms with van der Waals surface area (Å²) < 4.78 is 24.1. The van der Waals surface area contributed by atoms with Crippen LogP contribution in [-0.4, -0.2) is 48.7 Å². The lowest BCUT2D eigenvalue weighted by atomic mass is 10.0. The zero-order valence-electron chi connectivity index (χ0n) is 12.4. The van der Waals surface area contributed by atoms with Crippen LogP contribution in [0.3, 0.4) is 0 Å². The number of carbonyl (C=O) groups is 1. The molecule has 4 nitrogen and oxygen atoms in total. The first-order chi connectivity index (χ1) is 10.7. The topological polar surface area (TPSA) is 38.8 Å². The zero-order valence-corrected chi connectivity index (χ0v) is 13.2. The van der Waals surface area contributed by atoms with E-state index in [1.807, 2.05) is 4.90 Å². The summed E-state index contributed by atoms with van der Waals surface area (Å²) in [6.45, 7) is 2.70. The fourth-order valence-electron chi connectivity index (χ4n) is 2.83. The number of nitrogens with zero attached hydrogens (tertiary/aromatic N) is 1. The van der Waals surface area contributed by atoms with Crippen molar-refractivity contribution in [2.45, 2.75) is 29.9 Å². The summed E-state index contributed by atoms with van der Waals surface area (Å²) in [5, 5.41) is 0. The molecule has 0 aliphatic carbocycles. The number of carbonyl (C=O) groups excluding carboxylic acids is 1. The van der Waals surface area contributed by atoms with Gasteiger partial charge >= 0.3 is 0 Å². The van der Waals surface area contributed by atoms with Gasteiger partial charge < -0.3 is 14.4 Å². The van der Waals surface area contributed by atoms with E-state index in [4.69, 9.17) is 9.47 Å². The number of ether oxygens (including phenoxy) is 2. The Bertz CT molecular complexity index is 507. The van der Waals surface area contributed by atoms with Gasteiger partial charge in [-0.25, -0.2) is 4.39 Å². The standard InChI is InChI=1S/C16H20FNO3S/c17-13-1-3-14(4-2-13)22-12-5-15(19)18-8-6-16(7-9-18)20-10-11-21-16/h1-4H,5-12H2. The maximum Gasteiger partial charge on any atom is 0.223 e. The first kappa shape index (κ1) is 15.8. The second-order valence-electron chi connectivity index (χ2n) is 5.54. The van der Waals surface area contributed by atoms with Gasteiger partial charge in [-0.1, -0.05) is 0 Å². The minimum Gasteiger partial charge on any atom is -0.347 e. The summed E-state index contributed by atoms with van der Waals surface area (Å²) in [4.78, 5) is 15.1. The number of piperidine rings is 1. The Morgan fingerprint density at radius 3 is 2.45 bits per heavy atom. The lowest BCUT2D eigenvalue weighted by Gasteiger charge is -2.37. The Morgan fingerprint density at radius 2 is 1.82 bits per heavy atom. The Balaban J connectivity index is 1.40. The van der Waals surface area contributed by atoms with Gasteiger partial charge in [0.2, 0.25) is 5.91 Å². The predicted molar refractivity (Wildman–Crippen MR) is 82.2 cm³/mol. The molecule has 2 aliphatic rings. The van der Waals surface area contributed by atoms with Crippen molar-refractivity contribution in [3.63, 3.8) is 0 Å². The van der Waals surface area contributed by atoms with Gasteiger partial charge in [0.1, 0.15) is 5.82 Å². The van der Waals surface area contributed by atoms with Crippen molar-refractivity contribution >= 4 is 17.7 Å². The van der Waals surface area contributed by atoms with Crippen LogP contribution in [0.4, 0.5) is 4.39 Å². The van der Waals surface area contributed by atoms with Gasteiger partial charge in [-0.2, -0.15) is 0 Å². The third kappa shape index (κ3) is 3.80. The molecule has 2 saturated heterocycles. The van der Waals surface area contributed by atoms with Crippen molar-refractivity contribution in [3.05, 3.63) is 30.1 Å². The molecule has 0 N–H and O–H groups in total. The molecule has 1 aromatic carbocycles. The van der Waals surface area contributed by atoms with Gasteiger partial charge in [0.15, 0.2) is 5.79 Å². The van der Waals surface area contributed by atoms with Gasteiger partial charge in [-0.15, -0.1) is 11.8 Å². The van der Waals surface area contributed by atoms with Crippen molar-refractivity contribution in [2.75, 3.05) is 32.1 Å². The monoisotopic (exact) mass is 325 g/mol. The van der Waals surface area contributed by atoms with Crippen LogP contribution in [0, 0.1) is 5.82 Å². The summed E-state index contributed by atoms with van der Waals surface area (Å²) in [5.41, 5.74) is 0. The van der Waals surface area contributed by atoms with E-state index in [1.54, 1.807) is 23.9 Å². The molecule has 1 spiro atoms. The van der Waals surface area contributed by atoms with Crippen LogP contribution in [0.15, 0.2) is 29.2 Å². The first-order valence-electron chi connectivity index (χ1n) is 7.61. The van der Waals surface area contributed by atoms with E-state index in [0.717, 1.165) is 17.7 Å². The summed E-state index contributed by atoms with van der Waals surface area (Å²) in [5.74, 6) is 0.208. The van der Waals surface area contributed by atoms with Crippen molar-refractivity contribution < 1.29 is 18.7 Å². The molecule has 0 radical (unpaired) electrons. The molecule has 3 rings (SSSR count). The van der Waals surface area contributed by atoms with Gasteiger partial charge in [0.05, 0.1) is 13.2 Å². The maximum atomic E-state index is 12.8. The number of benzene rings is 1. The smallest absolute Gasteiger partial charge is 0.223 e. The molecule has 0 unspecified atom stereocenters. The number of rotatable bonds is 4. The predicted octanol–water partition coefficient (Wildman–Crippen LogP) is 2.67. The molecule has 0 aromatic heterocycles. The largest absolute Gasteiger partial charge is 0.347 e. The number of hydrogen-bond acceptors (Lipinski definition) is 4. The van der Waals surface area contributed by atoms with Crippen LogP contribution in [0.1, 0.15) is 19.3 Å². The average molecular weight is 325 g/mol. The number of halogens is 1. The zero-order chi connectivity index (χ0) is 15.4. The fourth-order valence-corrected chi connectivity index (χ4v) is 3.67. The molecule has 22 heavy (non-hydrogen) atoms. The van der Waals surface area contributed by atoms with E-state index in [1.165, 1.54) is 12.1 Å². The number of likely N-dealkylation sites (tertiary alicyclic amines) is 1. The highest BCUT2D eigenvalue weighted by molar-refractivity contribution is 7.99. The van der Waals surface area contributed by atoms with Crippen LogP contribution in [0.25, 0.3) is 0 Å². The summed E-state index contributed by atoms with van der Waals surface area (Å²) >= 11 is 1.58. The Hall–Kier alpha value is -1.11. The van der Waals surface area contributed by atoms with Crippen LogP contribution in [0.5, 0.6) is 0 Å². The molecule has 0 bridgehead atoms. The quantitative estimate of drug-likeness (QED) is 0.798. The van der Waals surface area contributed by atoms with E-state index in [-0.39, 0.29) is 11.7 Å². The summed E-state index contributed by atoms with van der Waals surface area (Å²) in [7, 11) is 0. The van der Waals surface area contributed by atoms with Crippen LogP contribution in [-0.2, 0) is 14.3 Å². The normalized spacial score (nSPS) is 20.5. The van der Waals surface area contributed by atoms with Crippen molar-refractivity contribution in [2.24, 2.45) is 0 Å². The minimum atomic E-state index is -0.431. The van der Waals surface area contributed by atoms with E-state index < -0.39 is 5.79 Å². The summed E-state index contributed by atoms with van der Waals surface area (Å²) in [6, 6.07) is 6.36. The molecule has 0 saturated carbocycles.